The van der Waals surface area contributed by atoms with Crippen LogP contribution in [-0.4, -0.2) is 20.5 Å². The van der Waals surface area contributed by atoms with Gasteiger partial charge in [-0.25, -0.2) is 8.42 Å². The Morgan fingerprint density at radius 2 is 1.86 bits per heavy atom. The molecule has 1 aromatic carbocycles. The van der Waals surface area contributed by atoms with Crippen molar-refractivity contribution in [3.8, 4) is 0 Å². The van der Waals surface area contributed by atoms with Crippen LogP contribution in [0.25, 0.3) is 0 Å². The molecule has 0 bridgehead atoms. The molecule has 0 radical (unpaired) electrons. The van der Waals surface area contributed by atoms with Gasteiger partial charge < -0.3 is 4.79 Å². The van der Waals surface area contributed by atoms with Crippen molar-refractivity contribution in [1.29, 1.82) is 0 Å². The van der Waals surface area contributed by atoms with Gasteiger partial charge in [-0.15, -0.1) is 0 Å². The summed E-state index contributed by atoms with van der Waals surface area (Å²) in [5.74, 6) is -0.449. The van der Waals surface area contributed by atoms with Gasteiger partial charge in [-0.05, 0) is 37.1 Å². The fourth-order valence-electron chi connectivity index (χ4n) is 1.09. The lowest BCUT2D eigenvalue weighted by Gasteiger charge is -2.04. The van der Waals surface area contributed by atoms with E-state index in [0.717, 1.165) is 11.1 Å². The van der Waals surface area contributed by atoms with Gasteiger partial charge in [0.05, 0.1) is 4.90 Å². The first-order valence-electron chi connectivity index (χ1n) is 4.21. The number of sulfone groups is 1. The van der Waals surface area contributed by atoms with E-state index in [0.29, 0.717) is 6.29 Å². The van der Waals surface area contributed by atoms with E-state index in [-0.39, 0.29) is 4.90 Å². The summed E-state index contributed by atoms with van der Waals surface area (Å²) in [4.78, 5) is 10.4. The van der Waals surface area contributed by atoms with Crippen molar-refractivity contribution < 1.29 is 13.2 Å². The van der Waals surface area contributed by atoms with E-state index in [1.165, 1.54) is 6.07 Å². The van der Waals surface area contributed by atoms with Gasteiger partial charge in [0.1, 0.15) is 12.0 Å². The van der Waals surface area contributed by atoms with Crippen LogP contribution in [0.15, 0.2) is 23.1 Å². The van der Waals surface area contributed by atoms with E-state index in [9.17, 15) is 13.2 Å². The van der Waals surface area contributed by atoms with E-state index in [4.69, 9.17) is 0 Å². The van der Waals surface area contributed by atoms with Gasteiger partial charge in [-0.2, -0.15) is 0 Å². The molecule has 4 heteroatoms. The van der Waals surface area contributed by atoms with Crippen LogP contribution in [0.4, 0.5) is 0 Å². The topological polar surface area (TPSA) is 51.2 Å². The highest BCUT2D eigenvalue weighted by atomic mass is 32.2. The Hall–Kier alpha value is -1.16. The minimum Gasteiger partial charge on any atom is -0.302 e. The Bertz CT molecular complexity index is 446. The Labute approximate surface area is 83.7 Å². The summed E-state index contributed by atoms with van der Waals surface area (Å²) in [5, 5.41) is 0. The van der Waals surface area contributed by atoms with E-state index >= 15 is 0 Å². The highest BCUT2D eigenvalue weighted by Crippen LogP contribution is 2.15. The van der Waals surface area contributed by atoms with Gasteiger partial charge in [0.25, 0.3) is 0 Å². The zero-order valence-corrected chi connectivity index (χ0v) is 8.97. The Balaban J connectivity index is 3.21. The second-order valence-electron chi connectivity index (χ2n) is 3.19. The van der Waals surface area contributed by atoms with Gasteiger partial charge in [0.2, 0.25) is 0 Å². The van der Waals surface area contributed by atoms with Crippen molar-refractivity contribution in [2.24, 2.45) is 0 Å². The molecule has 0 N–H and O–H groups in total. The van der Waals surface area contributed by atoms with Crippen LogP contribution >= 0.6 is 0 Å². The van der Waals surface area contributed by atoms with Crippen molar-refractivity contribution in [3.63, 3.8) is 0 Å². The quantitative estimate of drug-likeness (QED) is 0.709. The predicted molar refractivity (Wildman–Crippen MR) is 54.0 cm³/mol. The SMILES string of the molecule is Cc1ccc(S(=O)(=O)CC=O)cc1C. The van der Waals surface area contributed by atoms with Crippen LogP contribution in [0.1, 0.15) is 11.1 Å². The number of carbonyl (C=O) groups is 1. The minimum atomic E-state index is -3.42. The fourth-order valence-corrected chi connectivity index (χ4v) is 2.10. The van der Waals surface area contributed by atoms with E-state index in [1.807, 2.05) is 13.8 Å². The van der Waals surface area contributed by atoms with E-state index in [2.05, 4.69) is 0 Å². The summed E-state index contributed by atoms with van der Waals surface area (Å²) in [6.07, 6.45) is 0.407. The molecule has 0 aliphatic carbocycles. The normalized spacial score (nSPS) is 11.3. The third kappa shape index (κ3) is 2.20. The molecule has 1 aromatic rings. The lowest BCUT2D eigenvalue weighted by atomic mass is 10.1. The smallest absolute Gasteiger partial charge is 0.185 e. The molecule has 3 nitrogen and oxygen atoms in total. The van der Waals surface area contributed by atoms with Crippen LogP contribution in [0.3, 0.4) is 0 Å². The summed E-state index contributed by atoms with van der Waals surface area (Å²) in [5.41, 5.74) is 1.95. The maximum atomic E-state index is 11.5. The van der Waals surface area contributed by atoms with Crippen molar-refractivity contribution in [1.82, 2.24) is 0 Å². The Morgan fingerprint density at radius 3 is 2.36 bits per heavy atom. The molecule has 0 saturated heterocycles. The number of benzene rings is 1. The van der Waals surface area contributed by atoms with Gasteiger partial charge in [-0.1, -0.05) is 6.07 Å². The van der Waals surface area contributed by atoms with Crippen molar-refractivity contribution >= 4 is 16.1 Å². The predicted octanol–water partition coefficient (Wildman–Crippen LogP) is 1.28. The zero-order chi connectivity index (χ0) is 10.8. The summed E-state index contributed by atoms with van der Waals surface area (Å²) >= 11 is 0. The molecule has 0 aliphatic rings. The molecule has 0 aliphatic heterocycles. The molecule has 0 spiro atoms. The molecule has 0 amide bonds. The molecule has 0 saturated carbocycles. The maximum Gasteiger partial charge on any atom is 0.185 e. The number of carbonyl (C=O) groups excluding carboxylic acids is 1. The standard InChI is InChI=1S/C10H12O3S/c1-8-3-4-10(7-9(8)2)14(12,13)6-5-11/h3-5,7H,6H2,1-2H3. The molecular formula is C10H12O3S. The summed E-state index contributed by atoms with van der Waals surface area (Å²) in [7, 11) is -3.42. The average Bonchev–Trinajstić information content (AvgIpc) is 2.09. The van der Waals surface area contributed by atoms with E-state index < -0.39 is 15.6 Å². The third-order valence-electron chi connectivity index (χ3n) is 2.12. The van der Waals surface area contributed by atoms with Crippen LogP contribution in [0.5, 0.6) is 0 Å². The van der Waals surface area contributed by atoms with Gasteiger partial charge >= 0.3 is 0 Å². The van der Waals surface area contributed by atoms with E-state index in [1.54, 1.807) is 12.1 Å². The van der Waals surface area contributed by atoms with Crippen molar-refractivity contribution in [2.45, 2.75) is 18.7 Å². The lowest BCUT2D eigenvalue weighted by molar-refractivity contribution is -0.105. The largest absolute Gasteiger partial charge is 0.302 e. The number of rotatable bonds is 3. The maximum absolute atomic E-state index is 11.5. The highest BCUT2D eigenvalue weighted by molar-refractivity contribution is 7.92. The van der Waals surface area contributed by atoms with Crippen molar-refractivity contribution in [2.75, 3.05) is 5.75 Å². The molecule has 0 fully saturated rings. The molecule has 0 atom stereocenters. The molecule has 0 unspecified atom stereocenters. The minimum absolute atomic E-state index is 0.215. The molecule has 14 heavy (non-hydrogen) atoms. The van der Waals surface area contributed by atoms with Gasteiger partial charge in [0, 0.05) is 0 Å². The molecule has 0 heterocycles. The number of hydrogen-bond donors (Lipinski definition) is 0. The van der Waals surface area contributed by atoms with Crippen LogP contribution in [0, 0.1) is 13.8 Å². The Morgan fingerprint density at radius 1 is 1.21 bits per heavy atom. The van der Waals surface area contributed by atoms with Crippen molar-refractivity contribution in [3.05, 3.63) is 29.3 Å². The summed E-state index contributed by atoms with van der Waals surface area (Å²) < 4.78 is 22.9. The monoisotopic (exact) mass is 212 g/mol. The summed E-state index contributed by atoms with van der Waals surface area (Å²) in [6, 6.07) is 4.86. The van der Waals surface area contributed by atoms with Crippen LogP contribution < -0.4 is 0 Å². The molecule has 1 rings (SSSR count). The van der Waals surface area contributed by atoms with Crippen LogP contribution in [-0.2, 0) is 14.6 Å². The average molecular weight is 212 g/mol. The molecule has 0 aromatic heterocycles. The second-order valence-corrected chi connectivity index (χ2v) is 5.23. The fraction of sp³-hybridized carbons (Fsp3) is 0.300. The Kier molecular flexibility index (Phi) is 3.06. The first-order valence-corrected chi connectivity index (χ1v) is 5.86. The molecule has 76 valence electrons. The third-order valence-corrected chi connectivity index (χ3v) is 3.67. The van der Waals surface area contributed by atoms with Crippen LogP contribution in [0.2, 0.25) is 0 Å². The number of aryl methyl sites for hydroxylation is 2. The summed E-state index contributed by atoms with van der Waals surface area (Å²) in [6.45, 7) is 3.75. The van der Waals surface area contributed by atoms with Gasteiger partial charge in [-0.3, -0.25) is 0 Å². The first kappa shape index (κ1) is 10.9. The lowest BCUT2D eigenvalue weighted by Crippen LogP contribution is -2.07. The van der Waals surface area contributed by atoms with Gasteiger partial charge in [0.15, 0.2) is 9.84 Å². The first-order chi connectivity index (χ1) is 6.47. The highest BCUT2D eigenvalue weighted by Gasteiger charge is 2.13. The number of aldehydes is 1. The number of hydrogen-bond acceptors (Lipinski definition) is 3. The zero-order valence-electron chi connectivity index (χ0n) is 8.15. The molecular weight excluding hydrogens is 200 g/mol. The second kappa shape index (κ2) is 3.92.